The first kappa shape index (κ1) is 21.0. The van der Waals surface area contributed by atoms with Crippen molar-refractivity contribution in [3.8, 4) is 0 Å². The van der Waals surface area contributed by atoms with E-state index in [0.717, 1.165) is 38.0 Å². The molecule has 2 saturated heterocycles. The zero-order valence-corrected chi connectivity index (χ0v) is 17.6. The van der Waals surface area contributed by atoms with Crippen LogP contribution in [0, 0.1) is 0 Å². The molecule has 8 nitrogen and oxygen atoms in total. The Labute approximate surface area is 167 Å². The number of sulfonamides is 1. The van der Waals surface area contributed by atoms with Crippen molar-refractivity contribution < 1.29 is 22.8 Å². The van der Waals surface area contributed by atoms with E-state index in [1.807, 2.05) is 19.0 Å². The van der Waals surface area contributed by atoms with E-state index in [1.54, 1.807) is 22.5 Å². The third-order valence-corrected chi connectivity index (χ3v) is 7.18. The molecule has 2 aliphatic rings. The Morgan fingerprint density at radius 3 is 2.50 bits per heavy atom. The van der Waals surface area contributed by atoms with E-state index >= 15 is 0 Å². The lowest BCUT2D eigenvalue weighted by Gasteiger charge is -2.27. The summed E-state index contributed by atoms with van der Waals surface area (Å²) in [6.45, 7) is 4.39. The second kappa shape index (κ2) is 9.21. The number of amides is 1. The molecule has 9 heteroatoms. The van der Waals surface area contributed by atoms with Gasteiger partial charge >= 0.3 is 0 Å². The van der Waals surface area contributed by atoms with Gasteiger partial charge < -0.3 is 19.9 Å². The molecule has 0 aromatic heterocycles. The number of quaternary nitrogens is 1. The van der Waals surface area contributed by atoms with Gasteiger partial charge in [-0.2, -0.15) is 4.31 Å². The number of rotatable bonds is 6. The quantitative estimate of drug-likeness (QED) is 0.676. The lowest BCUT2D eigenvalue weighted by molar-refractivity contribution is -0.899. The third-order valence-electron chi connectivity index (χ3n) is 5.29. The van der Waals surface area contributed by atoms with Crippen molar-refractivity contribution >= 4 is 27.3 Å². The van der Waals surface area contributed by atoms with Crippen LogP contribution in [0.3, 0.4) is 0 Å². The number of hydrogen-bond acceptors (Lipinski definition) is 5. The van der Waals surface area contributed by atoms with Gasteiger partial charge in [0.2, 0.25) is 10.0 Å². The van der Waals surface area contributed by atoms with Gasteiger partial charge in [-0.1, -0.05) is 6.42 Å². The topological polar surface area (TPSA) is 83.4 Å². The van der Waals surface area contributed by atoms with Gasteiger partial charge in [0.25, 0.3) is 5.91 Å². The summed E-state index contributed by atoms with van der Waals surface area (Å²) < 4.78 is 32.9. The molecule has 0 aliphatic carbocycles. The van der Waals surface area contributed by atoms with E-state index in [-0.39, 0.29) is 10.8 Å². The number of anilines is 2. The van der Waals surface area contributed by atoms with Gasteiger partial charge in [-0.25, -0.2) is 8.42 Å². The Bertz CT molecular complexity index is 785. The van der Waals surface area contributed by atoms with Crippen LogP contribution in [-0.4, -0.2) is 78.7 Å². The minimum absolute atomic E-state index is 0.118. The fraction of sp³-hybridized carbons (Fsp3) is 0.632. The Balaban J connectivity index is 1.80. The average molecular weight is 412 g/mol. The van der Waals surface area contributed by atoms with Crippen molar-refractivity contribution in [2.45, 2.75) is 24.2 Å². The summed E-state index contributed by atoms with van der Waals surface area (Å²) in [4.78, 5) is 15.8. The molecule has 2 N–H and O–H groups in total. The Hall–Kier alpha value is -1.68. The summed E-state index contributed by atoms with van der Waals surface area (Å²) in [5.74, 6) is -0.118. The van der Waals surface area contributed by atoms with Crippen molar-refractivity contribution in [3.63, 3.8) is 0 Å². The normalized spacial score (nSPS) is 19.4. The lowest BCUT2D eigenvalue weighted by atomic mass is 10.2. The Morgan fingerprint density at radius 2 is 1.86 bits per heavy atom. The molecule has 28 heavy (non-hydrogen) atoms. The van der Waals surface area contributed by atoms with Gasteiger partial charge in [0, 0.05) is 27.2 Å². The molecule has 1 amide bonds. The average Bonchev–Trinajstić information content (AvgIpc) is 2.69. The summed E-state index contributed by atoms with van der Waals surface area (Å²) >= 11 is 0. The van der Waals surface area contributed by atoms with Crippen molar-refractivity contribution in [2.24, 2.45) is 0 Å². The molecular weight excluding hydrogens is 380 g/mol. The van der Waals surface area contributed by atoms with Gasteiger partial charge in [-0.15, -0.1) is 0 Å². The molecular formula is C19H31N4O4S+. The predicted octanol–water partition coefficient (Wildman–Crippen LogP) is -0.219. The fourth-order valence-electron chi connectivity index (χ4n) is 3.68. The molecule has 0 saturated carbocycles. The maximum atomic E-state index is 13.0. The number of nitrogens with one attached hydrogen (secondary N) is 2. The monoisotopic (exact) mass is 411 g/mol. The van der Waals surface area contributed by atoms with Crippen LogP contribution in [0.25, 0.3) is 0 Å². The van der Waals surface area contributed by atoms with Gasteiger partial charge in [-0.05, 0) is 31.0 Å². The standard InChI is InChI=1S/C19H30N4O4S/c1-21(2)18-7-6-16(28(25,26)23-8-4-3-5-9-23)14-17(18)20-19(24)15-22-10-12-27-13-11-22/h6-7,14H,3-5,8-13,15H2,1-2H3,(H,20,24)/p+1. The highest BCUT2D eigenvalue weighted by Crippen LogP contribution is 2.30. The highest BCUT2D eigenvalue weighted by atomic mass is 32.2. The van der Waals surface area contributed by atoms with Gasteiger partial charge in [0.05, 0.1) is 29.5 Å². The van der Waals surface area contributed by atoms with E-state index in [1.165, 1.54) is 4.90 Å². The minimum atomic E-state index is -3.55. The first-order valence-corrected chi connectivity index (χ1v) is 11.3. The lowest BCUT2D eigenvalue weighted by Crippen LogP contribution is -3.15. The van der Waals surface area contributed by atoms with E-state index < -0.39 is 10.0 Å². The molecule has 156 valence electrons. The SMILES string of the molecule is CN(C)c1ccc(S(=O)(=O)N2CCCCC2)cc1NC(=O)C[NH+]1CCOCC1. The summed E-state index contributed by atoms with van der Waals surface area (Å²) in [6.07, 6.45) is 2.85. The molecule has 0 spiro atoms. The summed E-state index contributed by atoms with van der Waals surface area (Å²) in [6, 6.07) is 4.97. The minimum Gasteiger partial charge on any atom is -0.376 e. The highest BCUT2D eigenvalue weighted by Gasteiger charge is 2.27. The predicted molar refractivity (Wildman–Crippen MR) is 108 cm³/mol. The van der Waals surface area contributed by atoms with E-state index in [0.29, 0.717) is 38.5 Å². The number of nitrogens with zero attached hydrogens (tertiary/aromatic N) is 2. The molecule has 3 rings (SSSR count). The number of piperidine rings is 1. The number of carbonyl (C=O) groups is 1. The second-order valence-electron chi connectivity index (χ2n) is 7.63. The summed E-state index contributed by atoms with van der Waals surface area (Å²) in [7, 11) is 0.196. The maximum Gasteiger partial charge on any atom is 0.279 e. The molecule has 0 bridgehead atoms. The van der Waals surface area contributed by atoms with Crippen LogP contribution in [0.2, 0.25) is 0 Å². The fourth-order valence-corrected chi connectivity index (χ4v) is 5.22. The van der Waals surface area contributed by atoms with Crippen LogP contribution in [-0.2, 0) is 19.6 Å². The molecule has 0 unspecified atom stereocenters. The number of ether oxygens (including phenoxy) is 1. The largest absolute Gasteiger partial charge is 0.376 e. The van der Waals surface area contributed by atoms with Crippen molar-refractivity contribution in [1.82, 2.24) is 4.31 Å². The summed E-state index contributed by atoms with van der Waals surface area (Å²) in [5.41, 5.74) is 1.31. The molecule has 1 aromatic rings. The second-order valence-corrected chi connectivity index (χ2v) is 9.56. The number of morpholine rings is 1. The number of benzene rings is 1. The molecule has 2 fully saturated rings. The van der Waals surface area contributed by atoms with E-state index in [4.69, 9.17) is 4.74 Å². The molecule has 1 aromatic carbocycles. The zero-order chi connectivity index (χ0) is 20.1. The van der Waals surface area contributed by atoms with Crippen LogP contribution in [0.4, 0.5) is 11.4 Å². The van der Waals surface area contributed by atoms with Crippen LogP contribution < -0.4 is 15.1 Å². The maximum absolute atomic E-state index is 13.0. The van der Waals surface area contributed by atoms with Crippen LogP contribution >= 0.6 is 0 Å². The zero-order valence-electron chi connectivity index (χ0n) is 16.7. The van der Waals surface area contributed by atoms with Gasteiger partial charge in [-0.3, -0.25) is 4.79 Å². The van der Waals surface area contributed by atoms with E-state index in [9.17, 15) is 13.2 Å². The summed E-state index contributed by atoms with van der Waals surface area (Å²) in [5, 5.41) is 2.93. The van der Waals surface area contributed by atoms with Crippen LogP contribution in [0.5, 0.6) is 0 Å². The first-order valence-electron chi connectivity index (χ1n) is 9.90. The van der Waals surface area contributed by atoms with Crippen molar-refractivity contribution in [3.05, 3.63) is 18.2 Å². The smallest absolute Gasteiger partial charge is 0.279 e. The Morgan fingerprint density at radius 1 is 1.18 bits per heavy atom. The molecule has 0 atom stereocenters. The Kier molecular flexibility index (Phi) is 6.92. The molecule has 2 heterocycles. The third kappa shape index (κ3) is 5.02. The van der Waals surface area contributed by atoms with Crippen LogP contribution in [0.1, 0.15) is 19.3 Å². The van der Waals surface area contributed by atoms with Crippen molar-refractivity contribution in [2.75, 3.05) is 70.2 Å². The highest BCUT2D eigenvalue weighted by molar-refractivity contribution is 7.89. The number of hydrogen-bond donors (Lipinski definition) is 2. The van der Waals surface area contributed by atoms with Gasteiger partial charge in [0.1, 0.15) is 13.1 Å². The first-order chi connectivity index (χ1) is 13.4. The van der Waals surface area contributed by atoms with Crippen LogP contribution in [0.15, 0.2) is 23.1 Å². The van der Waals surface area contributed by atoms with Crippen molar-refractivity contribution in [1.29, 1.82) is 0 Å². The van der Waals surface area contributed by atoms with Gasteiger partial charge in [0.15, 0.2) is 6.54 Å². The number of carbonyl (C=O) groups excluding carboxylic acids is 1. The molecule has 0 radical (unpaired) electrons. The molecule has 2 aliphatic heterocycles. The van der Waals surface area contributed by atoms with E-state index in [2.05, 4.69) is 5.32 Å².